The van der Waals surface area contributed by atoms with Crippen LogP contribution < -0.4 is 5.56 Å². The predicted octanol–water partition coefficient (Wildman–Crippen LogP) is 1.61. The van der Waals surface area contributed by atoms with Crippen LogP contribution in [0.2, 0.25) is 0 Å². The molecule has 3 rings (SSSR count). The van der Waals surface area contributed by atoms with E-state index >= 15 is 0 Å². The van der Waals surface area contributed by atoms with Gasteiger partial charge in [0.05, 0.1) is 0 Å². The van der Waals surface area contributed by atoms with E-state index in [4.69, 9.17) is 0 Å². The Bertz CT molecular complexity index is 844. The van der Waals surface area contributed by atoms with Gasteiger partial charge in [0.25, 0.3) is 5.56 Å². The fourth-order valence-corrected chi connectivity index (χ4v) is 3.03. The quantitative estimate of drug-likeness (QED) is 0.809. The summed E-state index contributed by atoms with van der Waals surface area (Å²) in [5, 5.41) is 0. The number of halogens is 3. The van der Waals surface area contributed by atoms with E-state index in [1.807, 2.05) is 12.1 Å². The highest BCUT2D eigenvalue weighted by Crippen LogP contribution is 2.26. The maximum absolute atomic E-state index is 12.8. The van der Waals surface area contributed by atoms with Crippen molar-refractivity contribution < 1.29 is 18.0 Å². The highest BCUT2D eigenvalue weighted by Gasteiger charge is 2.34. The molecule has 1 fully saturated rings. The monoisotopic (exact) mass is 380 g/mol. The van der Waals surface area contributed by atoms with E-state index in [-0.39, 0.29) is 5.91 Å². The number of carbonyl (C=O) groups excluding carboxylic acids is 1. The van der Waals surface area contributed by atoms with Gasteiger partial charge in [0, 0.05) is 51.3 Å². The average Bonchev–Trinajstić information content (AvgIpc) is 2.64. The molecule has 9 heteroatoms. The molecule has 0 aliphatic carbocycles. The number of alkyl halides is 3. The number of amides is 1. The fraction of sp³-hybridized carbons (Fsp3) is 0.389. The van der Waals surface area contributed by atoms with Gasteiger partial charge in [0.15, 0.2) is 0 Å². The summed E-state index contributed by atoms with van der Waals surface area (Å²) in [5.41, 5.74) is -1.39. The lowest BCUT2D eigenvalue weighted by Crippen LogP contribution is -2.49. The summed E-state index contributed by atoms with van der Waals surface area (Å²) >= 11 is 0. The number of aromatic nitrogens is 2. The van der Waals surface area contributed by atoms with Crippen LogP contribution >= 0.6 is 0 Å². The molecule has 1 amide bonds. The van der Waals surface area contributed by atoms with Crippen molar-refractivity contribution in [3.05, 3.63) is 64.3 Å². The molecule has 3 heterocycles. The van der Waals surface area contributed by atoms with Crippen molar-refractivity contribution in [3.8, 4) is 0 Å². The molecule has 27 heavy (non-hydrogen) atoms. The Morgan fingerprint density at radius 1 is 1.11 bits per heavy atom. The van der Waals surface area contributed by atoms with Crippen molar-refractivity contribution in [2.24, 2.45) is 0 Å². The highest BCUT2D eigenvalue weighted by atomic mass is 19.4. The van der Waals surface area contributed by atoms with Crippen LogP contribution in [0.3, 0.4) is 0 Å². The van der Waals surface area contributed by atoms with Crippen LogP contribution in [0.1, 0.15) is 11.1 Å². The van der Waals surface area contributed by atoms with Crippen molar-refractivity contribution in [1.82, 2.24) is 19.4 Å². The van der Waals surface area contributed by atoms with Crippen molar-refractivity contribution in [2.75, 3.05) is 26.2 Å². The zero-order chi connectivity index (χ0) is 19.4. The molecule has 0 N–H and O–H groups in total. The molecule has 1 aliphatic heterocycles. The molecule has 0 unspecified atom stereocenters. The first kappa shape index (κ1) is 19.1. The zero-order valence-electron chi connectivity index (χ0n) is 14.5. The number of rotatable bonds is 4. The molecule has 144 valence electrons. The lowest BCUT2D eigenvalue weighted by molar-refractivity contribution is -0.140. The van der Waals surface area contributed by atoms with Crippen LogP contribution in [0.4, 0.5) is 13.2 Å². The van der Waals surface area contributed by atoms with Crippen molar-refractivity contribution >= 4 is 5.91 Å². The topological polar surface area (TPSA) is 58.4 Å². The number of nitrogens with zero attached hydrogens (tertiary/aromatic N) is 4. The summed E-state index contributed by atoms with van der Waals surface area (Å²) in [6.07, 6.45) is -0.0391. The summed E-state index contributed by atoms with van der Waals surface area (Å²) in [6.45, 7) is 2.56. The molecular weight excluding hydrogens is 361 g/mol. The van der Waals surface area contributed by atoms with Gasteiger partial charge in [0.1, 0.15) is 12.1 Å². The Morgan fingerprint density at radius 2 is 1.85 bits per heavy atom. The summed E-state index contributed by atoms with van der Waals surface area (Å²) in [4.78, 5) is 32.2. The third-order valence-electron chi connectivity index (χ3n) is 4.49. The Kier molecular flexibility index (Phi) is 5.59. The van der Waals surface area contributed by atoms with E-state index < -0.39 is 23.8 Å². The van der Waals surface area contributed by atoms with Gasteiger partial charge in [-0.25, -0.2) is 0 Å². The molecule has 6 nitrogen and oxygen atoms in total. The summed E-state index contributed by atoms with van der Waals surface area (Å²) in [7, 11) is 0. The third kappa shape index (κ3) is 4.73. The van der Waals surface area contributed by atoms with Crippen LogP contribution in [0.15, 0.2) is 47.7 Å². The predicted molar refractivity (Wildman–Crippen MR) is 91.8 cm³/mol. The normalized spacial score (nSPS) is 15.7. The van der Waals surface area contributed by atoms with E-state index in [1.54, 1.807) is 17.3 Å². The molecular formula is C18H19F3N4O2. The smallest absolute Gasteiger partial charge is 0.339 e. The van der Waals surface area contributed by atoms with Gasteiger partial charge < -0.3 is 9.47 Å². The minimum atomic E-state index is -4.74. The van der Waals surface area contributed by atoms with Crippen LogP contribution in [-0.4, -0.2) is 51.4 Å². The van der Waals surface area contributed by atoms with Gasteiger partial charge >= 0.3 is 6.18 Å². The van der Waals surface area contributed by atoms with Crippen LogP contribution in [0.5, 0.6) is 0 Å². The van der Waals surface area contributed by atoms with Gasteiger partial charge in [-0.2, -0.15) is 13.2 Å². The lowest BCUT2D eigenvalue weighted by atomic mass is 10.2. The molecule has 0 atom stereocenters. The fourth-order valence-electron chi connectivity index (χ4n) is 3.03. The molecule has 0 saturated carbocycles. The number of hydrogen-bond donors (Lipinski definition) is 0. The van der Waals surface area contributed by atoms with Gasteiger partial charge in [0.2, 0.25) is 5.91 Å². The largest absolute Gasteiger partial charge is 0.421 e. The van der Waals surface area contributed by atoms with E-state index in [9.17, 15) is 22.8 Å². The first-order chi connectivity index (χ1) is 12.8. The van der Waals surface area contributed by atoms with Gasteiger partial charge in [-0.05, 0) is 23.8 Å². The number of piperazine rings is 1. The van der Waals surface area contributed by atoms with Crippen LogP contribution in [-0.2, 0) is 24.1 Å². The Balaban J connectivity index is 1.58. The number of carbonyl (C=O) groups is 1. The van der Waals surface area contributed by atoms with Gasteiger partial charge in [-0.1, -0.05) is 6.07 Å². The minimum Gasteiger partial charge on any atom is -0.339 e. The lowest BCUT2D eigenvalue weighted by Gasteiger charge is -2.34. The maximum Gasteiger partial charge on any atom is 0.421 e. The standard InChI is InChI=1S/C18H19F3N4O2/c19-18(20,21)15-4-2-6-25(17(15)27)13-16(26)24-9-7-23(8-10-24)12-14-3-1-5-22-11-14/h1-6,11H,7-10,12-13H2. The second kappa shape index (κ2) is 7.91. The van der Waals surface area contributed by atoms with E-state index in [0.717, 1.165) is 28.8 Å². The molecule has 1 saturated heterocycles. The summed E-state index contributed by atoms with van der Waals surface area (Å²) < 4.78 is 39.3. The van der Waals surface area contributed by atoms with Gasteiger partial charge in [-0.3, -0.25) is 19.5 Å². The second-order valence-electron chi connectivity index (χ2n) is 6.37. The molecule has 0 aromatic carbocycles. The molecule has 0 spiro atoms. The third-order valence-corrected chi connectivity index (χ3v) is 4.49. The van der Waals surface area contributed by atoms with E-state index in [0.29, 0.717) is 26.2 Å². The van der Waals surface area contributed by atoms with Crippen molar-refractivity contribution in [1.29, 1.82) is 0 Å². The van der Waals surface area contributed by atoms with Crippen LogP contribution in [0.25, 0.3) is 0 Å². The highest BCUT2D eigenvalue weighted by molar-refractivity contribution is 5.76. The second-order valence-corrected chi connectivity index (χ2v) is 6.37. The van der Waals surface area contributed by atoms with E-state index in [1.165, 1.54) is 6.20 Å². The Hall–Kier alpha value is -2.68. The van der Waals surface area contributed by atoms with E-state index in [2.05, 4.69) is 9.88 Å². The molecule has 1 aliphatic rings. The first-order valence-corrected chi connectivity index (χ1v) is 8.50. The SMILES string of the molecule is O=C(Cn1cccc(C(F)(F)F)c1=O)N1CCN(Cc2cccnc2)CC1. The molecule has 2 aromatic rings. The average molecular weight is 380 g/mol. The van der Waals surface area contributed by atoms with Gasteiger partial charge in [-0.15, -0.1) is 0 Å². The first-order valence-electron chi connectivity index (χ1n) is 8.50. The number of hydrogen-bond acceptors (Lipinski definition) is 4. The maximum atomic E-state index is 12.8. The molecule has 0 radical (unpaired) electrons. The molecule has 2 aromatic heterocycles. The summed E-state index contributed by atoms with van der Waals surface area (Å²) in [5.74, 6) is -0.363. The van der Waals surface area contributed by atoms with Crippen molar-refractivity contribution in [3.63, 3.8) is 0 Å². The van der Waals surface area contributed by atoms with Crippen molar-refractivity contribution in [2.45, 2.75) is 19.3 Å². The Labute approximate surface area is 153 Å². The molecule has 0 bridgehead atoms. The summed E-state index contributed by atoms with van der Waals surface area (Å²) in [6, 6.07) is 5.69. The Morgan fingerprint density at radius 3 is 2.48 bits per heavy atom. The van der Waals surface area contributed by atoms with Crippen LogP contribution in [0, 0.1) is 0 Å². The minimum absolute atomic E-state index is 0.363. The number of pyridine rings is 2. The zero-order valence-corrected chi connectivity index (χ0v) is 14.5.